The van der Waals surface area contributed by atoms with Crippen LogP contribution in [0.1, 0.15) is 39.1 Å². The van der Waals surface area contributed by atoms with E-state index in [1.165, 1.54) is 0 Å². The van der Waals surface area contributed by atoms with Crippen molar-refractivity contribution in [2.75, 3.05) is 12.8 Å². The molecule has 26 heavy (non-hydrogen) atoms. The fourth-order valence-corrected chi connectivity index (χ4v) is 3.98. The minimum Gasteiger partial charge on any atom is -0.444 e. The number of ether oxygens (including phenoxy) is 1. The van der Waals surface area contributed by atoms with E-state index in [4.69, 9.17) is 4.74 Å². The number of halogens is 1. The Labute approximate surface area is 167 Å². The molecule has 1 aromatic carbocycles. The molecule has 0 radical (unpaired) electrons. The summed E-state index contributed by atoms with van der Waals surface area (Å²) in [6, 6.07) is 7.98. The van der Waals surface area contributed by atoms with E-state index >= 15 is 0 Å². The van der Waals surface area contributed by atoms with E-state index in [1.54, 1.807) is 16.7 Å². The molecule has 0 unspecified atom stereocenters. The fourth-order valence-electron chi connectivity index (χ4n) is 3.03. The minimum atomic E-state index is -0.509. The van der Waals surface area contributed by atoms with Gasteiger partial charge in [-0.2, -0.15) is 11.8 Å². The maximum atomic E-state index is 12.7. The molecule has 2 aromatic rings. The number of nitrogens with one attached hydrogen (secondary N) is 1. The first-order valence-electron chi connectivity index (χ1n) is 8.60. The predicted octanol–water partition coefficient (Wildman–Crippen LogP) is 5.25. The number of carbonyl (C=O) groups excluding carboxylic acids is 1. The second-order valence-corrected chi connectivity index (χ2v) is 9.48. The number of amides is 1. The van der Waals surface area contributed by atoms with Crippen molar-refractivity contribution in [2.45, 2.75) is 44.1 Å². The first kappa shape index (κ1) is 19.3. The van der Waals surface area contributed by atoms with Crippen molar-refractivity contribution in [2.24, 2.45) is 0 Å². The summed E-state index contributed by atoms with van der Waals surface area (Å²) in [7, 11) is 0. The van der Waals surface area contributed by atoms with Gasteiger partial charge in [-0.25, -0.2) is 9.78 Å². The smallest absolute Gasteiger partial charge is 0.410 e. The standard InChI is InChI=1S/C19H24BrN3O2S/c1-19(2,3)25-18(24)23-11-14(26-4)9-16(23)17-21-10-15(22-17)12-5-7-13(20)8-6-12/h5-8,10,14,16H,9,11H2,1-4H3,(H,21,22)/t14-,16-/m0/s1. The van der Waals surface area contributed by atoms with E-state index in [0.29, 0.717) is 11.8 Å². The number of hydrogen-bond acceptors (Lipinski definition) is 4. The van der Waals surface area contributed by atoms with Gasteiger partial charge in [-0.05, 0) is 51.1 Å². The highest BCUT2D eigenvalue weighted by atomic mass is 79.9. The van der Waals surface area contributed by atoms with Crippen molar-refractivity contribution < 1.29 is 9.53 Å². The molecule has 7 heteroatoms. The van der Waals surface area contributed by atoms with Gasteiger partial charge < -0.3 is 9.72 Å². The third-order valence-corrected chi connectivity index (χ3v) is 5.83. The third kappa shape index (κ3) is 4.43. The Morgan fingerprint density at radius 1 is 1.35 bits per heavy atom. The Morgan fingerprint density at radius 2 is 2.04 bits per heavy atom. The van der Waals surface area contributed by atoms with Crippen LogP contribution in [0.4, 0.5) is 4.79 Å². The van der Waals surface area contributed by atoms with Gasteiger partial charge in [0.25, 0.3) is 0 Å². The van der Waals surface area contributed by atoms with Crippen molar-refractivity contribution in [3.8, 4) is 11.3 Å². The molecule has 1 amide bonds. The SMILES string of the molecule is CS[C@H]1C[C@@H](c2ncc(-c3ccc(Br)cc3)[nH]2)N(C(=O)OC(C)(C)C)C1. The van der Waals surface area contributed by atoms with Crippen LogP contribution in [-0.2, 0) is 4.74 Å². The van der Waals surface area contributed by atoms with Crippen LogP contribution >= 0.6 is 27.7 Å². The highest BCUT2D eigenvalue weighted by Gasteiger charge is 2.39. The summed E-state index contributed by atoms with van der Waals surface area (Å²) in [5, 5.41) is 0.383. The van der Waals surface area contributed by atoms with Crippen molar-refractivity contribution in [3.63, 3.8) is 0 Å². The van der Waals surface area contributed by atoms with Crippen molar-refractivity contribution >= 4 is 33.8 Å². The summed E-state index contributed by atoms with van der Waals surface area (Å²) in [5.41, 5.74) is 1.50. The molecule has 140 valence electrons. The van der Waals surface area contributed by atoms with Crippen LogP contribution in [0.2, 0.25) is 0 Å². The Balaban J connectivity index is 1.83. The summed E-state index contributed by atoms with van der Waals surface area (Å²) in [4.78, 5) is 22.4. The molecule has 0 spiro atoms. The summed E-state index contributed by atoms with van der Waals surface area (Å²) < 4.78 is 6.64. The third-order valence-electron chi connectivity index (χ3n) is 4.29. The molecule has 1 fully saturated rings. The molecule has 1 saturated heterocycles. The number of aromatic amines is 1. The van der Waals surface area contributed by atoms with E-state index in [0.717, 1.165) is 28.0 Å². The Hall–Kier alpha value is -1.47. The zero-order valence-corrected chi connectivity index (χ0v) is 17.9. The lowest BCUT2D eigenvalue weighted by atomic mass is 10.2. The second-order valence-electron chi connectivity index (χ2n) is 7.43. The molecule has 5 nitrogen and oxygen atoms in total. The summed E-state index contributed by atoms with van der Waals surface area (Å²) in [5.74, 6) is 0.810. The first-order chi connectivity index (χ1) is 12.3. The molecule has 1 aliphatic heterocycles. The normalized spacial score (nSPS) is 20.4. The Bertz CT molecular complexity index is 770. The molecule has 1 aliphatic rings. The number of hydrogen-bond donors (Lipinski definition) is 1. The van der Waals surface area contributed by atoms with Crippen molar-refractivity contribution in [1.82, 2.24) is 14.9 Å². The number of aromatic nitrogens is 2. The second kappa shape index (κ2) is 7.64. The summed E-state index contributed by atoms with van der Waals surface area (Å²) in [6.45, 7) is 6.34. The average Bonchev–Trinajstić information content (AvgIpc) is 3.20. The lowest BCUT2D eigenvalue weighted by Crippen LogP contribution is -2.37. The van der Waals surface area contributed by atoms with Gasteiger partial charge in [0.15, 0.2) is 0 Å². The van der Waals surface area contributed by atoms with E-state index in [9.17, 15) is 4.79 Å². The molecule has 2 heterocycles. The van der Waals surface area contributed by atoms with Crippen molar-refractivity contribution in [3.05, 3.63) is 40.8 Å². The number of imidazole rings is 1. The van der Waals surface area contributed by atoms with Crippen LogP contribution in [0.15, 0.2) is 34.9 Å². The quantitative estimate of drug-likeness (QED) is 0.711. The Kier molecular flexibility index (Phi) is 5.67. The van der Waals surface area contributed by atoms with E-state index in [-0.39, 0.29) is 12.1 Å². The van der Waals surface area contributed by atoms with E-state index in [2.05, 4.69) is 32.2 Å². The average molecular weight is 438 g/mol. The number of H-pyrrole nitrogens is 1. The molecule has 2 atom stereocenters. The fraction of sp³-hybridized carbons (Fsp3) is 0.474. The number of carbonyl (C=O) groups is 1. The van der Waals surface area contributed by atoms with Crippen LogP contribution in [0, 0.1) is 0 Å². The molecule has 1 aromatic heterocycles. The summed E-state index contributed by atoms with van der Waals surface area (Å²) >= 11 is 5.23. The van der Waals surface area contributed by atoms with Crippen LogP contribution in [0.25, 0.3) is 11.3 Å². The van der Waals surface area contributed by atoms with Crippen molar-refractivity contribution in [1.29, 1.82) is 0 Å². The number of thioether (sulfide) groups is 1. The summed E-state index contributed by atoms with van der Waals surface area (Å²) in [6.07, 6.45) is 4.50. The minimum absolute atomic E-state index is 0.0912. The lowest BCUT2D eigenvalue weighted by Gasteiger charge is -2.27. The number of rotatable bonds is 3. The number of benzene rings is 1. The molecule has 1 N–H and O–H groups in total. The highest BCUT2D eigenvalue weighted by molar-refractivity contribution is 9.10. The molecule has 3 rings (SSSR count). The topological polar surface area (TPSA) is 58.2 Å². The molecular formula is C19H24BrN3O2S. The highest BCUT2D eigenvalue weighted by Crippen LogP contribution is 2.37. The van der Waals surface area contributed by atoms with Crippen LogP contribution < -0.4 is 0 Å². The van der Waals surface area contributed by atoms with Gasteiger partial charge in [-0.3, -0.25) is 4.90 Å². The zero-order chi connectivity index (χ0) is 18.9. The first-order valence-corrected chi connectivity index (χ1v) is 10.7. The van der Waals surface area contributed by atoms with Gasteiger partial charge in [0.2, 0.25) is 0 Å². The predicted molar refractivity (Wildman–Crippen MR) is 109 cm³/mol. The van der Waals surface area contributed by atoms with Crippen LogP contribution in [-0.4, -0.2) is 44.6 Å². The van der Waals surface area contributed by atoms with Gasteiger partial charge in [0.1, 0.15) is 11.4 Å². The van der Waals surface area contributed by atoms with Gasteiger partial charge in [-0.1, -0.05) is 28.1 Å². The number of nitrogens with zero attached hydrogens (tertiary/aromatic N) is 2. The van der Waals surface area contributed by atoms with Crippen LogP contribution in [0.3, 0.4) is 0 Å². The maximum absolute atomic E-state index is 12.7. The van der Waals surface area contributed by atoms with E-state index in [1.807, 2.05) is 51.2 Å². The monoisotopic (exact) mass is 437 g/mol. The molecular weight excluding hydrogens is 414 g/mol. The molecule has 0 saturated carbocycles. The molecule has 0 aliphatic carbocycles. The maximum Gasteiger partial charge on any atom is 0.410 e. The van der Waals surface area contributed by atoms with Crippen LogP contribution in [0.5, 0.6) is 0 Å². The van der Waals surface area contributed by atoms with Gasteiger partial charge >= 0.3 is 6.09 Å². The van der Waals surface area contributed by atoms with Gasteiger partial charge in [-0.15, -0.1) is 0 Å². The van der Waals surface area contributed by atoms with Gasteiger partial charge in [0.05, 0.1) is 17.9 Å². The van der Waals surface area contributed by atoms with E-state index < -0.39 is 5.60 Å². The number of likely N-dealkylation sites (tertiary alicyclic amines) is 1. The van der Waals surface area contributed by atoms with Gasteiger partial charge in [0, 0.05) is 16.3 Å². The lowest BCUT2D eigenvalue weighted by molar-refractivity contribution is 0.0219. The Morgan fingerprint density at radius 3 is 2.65 bits per heavy atom. The molecule has 0 bridgehead atoms. The largest absolute Gasteiger partial charge is 0.444 e. The zero-order valence-electron chi connectivity index (χ0n) is 15.5.